The van der Waals surface area contributed by atoms with Gasteiger partial charge in [-0.1, -0.05) is 13.8 Å². The van der Waals surface area contributed by atoms with Crippen molar-refractivity contribution in [2.75, 3.05) is 40.1 Å². The molecule has 0 aliphatic rings. The molecule has 0 spiro atoms. The van der Waals surface area contributed by atoms with E-state index < -0.39 is 0 Å². The molecule has 0 radical (unpaired) electrons. The molecule has 0 unspecified atom stereocenters. The van der Waals surface area contributed by atoms with Gasteiger partial charge in [-0.25, -0.2) is 0 Å². The summed E-state index contributed by atoms with van der Waals surface area (Å²) in [5.41, 5.74) is 0. The molecule has 96 valence electrons. The zero-order chi connectivity index (χ0) is 12.2. The van der Waals surface area contributed by atoms with Crippen molar-refractivity contribution in [1.29, 1.82) is 0 Å². The predicted octanol–water partition coefficient (Wildman–Crippen LogP) is 0.581. The Labute approximate surface area is 97.4 Å². The highest BCUT2D eigenvalue weighted by Crippen LogP contribution is 1.85. The van der Waals surface area contributed by atoms with Crippen LogP contribution in [0.4, 0.5) is 0 Å². The van der Waals surface area contributed by atoms with E-state index in [0.717, 1.165) is 6.42 Å². The second-order valence-electron chi connectivity index (χ2n) is 3.71. The summed E-state index contributed by atoms with van der Waals surface area (Å²) in [4.78, 5) is 11.1. The van der Waals surface area contributed by atoms with Gasteiger partial charge < -0.3 is 19.5 Å². The first-order valence-corrected chi connectivity index (χ1v) is 5.62. The van der Waals surface area contributed by atoms with Gasteiger partial charge in [-0.05, 0) is 6.42 Å². The van der Waals surface area contributed by atoms with Gasteiger partial charge >= 0.3 is 5.97 Å². The Kier molecular flexibility index (Phi) is 10.4. The van der Waals surface area contributed by atoms with E-state index in [-0.39, 0.29) is 18.6 Å². The second-order valence-corrected chi connectivity index (χ2v) is 3.71. The highest BCUT2D eigenvalue weighted by Gasteiger charge is 2.02. The van der Waals surface area contributed by atoms with E-state index in [9.17, 15) is 4.79 Å². The summed E-state index contributed by atoms with van der Waals surface area (Å²) >= 11 is 0. The second kappa shape index (κ2) is 10.9. The minimum Gasteiger partial charge on any atom is -0.462 e. The maximum absolute atomic E-state index is 11.1. The third kappa shape index (κ3) is 11.4. The van der Waals surface area contributed by atoms with Gasteiger partial charge in [0.15, 0.2) is 0 Å². The van der Waals surface area contributed by atoms with Crippen molar-refractivity contribution in [1.82, 2.24) is 5.32 Å². The van der Waals surface area contributed by atoms with Crippen LogP contribution in [0, 0.1) is 0 Å². The van der Waals surface area contributed by atoms with E-state index in [1.165, 1.54) is 0 Å². The van der Waals surface area contributed by atoms with E-state index in [2.05, 4.69) is 5.32 Å². The first-order chi connectivity index (χ1) is 7.66. The number of carbonyl (C=O) groups excluding carboxylic acids is 1. The fraction of sp³-hybridized carbons (Fsp3) is 0.909. The lowest BCUT2D eigenvalue weighted by Gasteiger charge is -2.08. The molecule has 1 N–H and O–H groups in total. The van der Waals surface area contributed by atoms with E-state index in [4.69, 9.17) is 14.2 Å². The van der Waals surface area contributed by atoms with Crippen molar-refractivity contribution < 1.29 is 19.0 Å². The van der Waals surface area contributed by atoms with Crippen LogP contribution in [0.5, 0.6) is 0 Å². The van der Waals surface area contributed by atoms with Gasteiger partial charge in [-0.2, -0.15) is 0 Å². The molecule has 0 bridgehead atoms. The van der Waals surface area contributed by atoms with E-state index in [0.29, 0.717) is 26.4 Å². The Morgan fingerprint density at radius 1 is 1.19 bits per heavy atom. The lowest BCUT2D eigenvalue weighted by atomic mass is 10.4. The molecule has 0 fully saturated rings. The van der Waals surface area contributed by atoms with Crippen LogP contribution in [0.15, 0.2) is 0 Å². The molecule has 5 heteroatoms. The highest BCUT2D eigenvalue weighted by molar-refractivity contribution is 5.71. The molecule has 0 saturated carbocycles. The molecule has 0 aliphatic heterocycles. The monoisotopic (exact) mass is 233 g/mol. The summed E-state index contributed by atoms with van der Waals surface area (Å²) < 4.78 is 15.0. The quantitative estimate of drug-likeness (QED) is 0.442. The van der Waals surface area contributed by atoms with Crippen LogP contribution in [-0.4, -0.2) is 52.1 Å². The lowest BCUT2D eigenvalue weighted by molar-refractivity contribution is -0.144. The smallest absolute Gasteiger partial charge is 0.320 e. The van der Waals surface area contributed by atoms with Crippen LogP contribution in [-0.2, 0) is 19.0 Å². The van der Waals surface area contributed by atoms with Crippen LogP contribution in [0.1, 0.15) is 20.3 Å². The van der Waals surface area contributed by atoms with Gasteiger partial charge in [0.25, 0.3) is 0 Å². The van der Waals surface area contributed by atoms with Crippen LogP contribution >= 0.6 is 0 Å². The number of ether oxygens (including phenoxy) is 3. The number of rotatable bonds is 10. The first-order valence-electron chi connectivity index (χ1n) is 5.62. The van der Waals surface area contributed by atoms with Crippen molar-refractivity contribution in [2.24, 2.45) is 0 Å². The number of carbonyl (C=O) groups is 1. The maximum atomic E-state index is 11.1. The summed E-state index contributed by atoms with van der Waals surface area (Å²) in [6.45, 7) is 6.29. The normalized spacial score (nSPS) is 10.8. The molecule has 0 aromatic carbocycles. The largest absolute Gasteiger partial charge is 0.462 e. The third-order valence-corrected chi connectivity index (χ3v) is 1.78. The Morgan fingerprint density at radius 2 is 1.94 bits per heavy atom. The molecule has 5 nitrogen and oxygen atoms in total. The van der Waals surface area contributed by atoms with Crippen molar-refractivity contribution in [2.45, 2.75) is 26.3 Å². The van der Waals surface area contributed by atoms with Crippen LogP contribution < -0.4 is 5.32 Å². The molecule has 16 heavy (non-hydrogen) atoms. The first kappa shape index (κ1) is 15.3. The Bertz CT molecular complexity index is 173. The van der Waals surface area contributed by atoms with Crippen LogP contribution in [0.25, 0.3) is 0 Å². The number of nitrogens with one attached hydrogen (secondary N) is 1. The standard InChI is InChI=1S/C11H23NO4/c1-10(2)12-9-11(13)16-8-7-15-6-4-5-14-3/h10,12H,4-9H2,1-3H3. The van der Waals surface area contributed by atoms with Gasteiger partial charge in [0.05, 0.1) is 13.2 Å². The molecule has 0 atom stereocenters. The summed E-state index contributed by atoms with van der Waals surface area (Å²) in [5.74, 6) is -0.241. The third-order valence-electron chi connectivity index (χ3n) is 1.78. The number of esters is 1. The summed E-state index contributed by atoms with van der Waals surface area (Å²) in [6.07, 6.45) is 0.860. The fourth-order valence-corrected chi connectivity index (χ4v) is 0.960. The van der Waals surface area contributed by atoms with Crippen molar-refractivity contribution in [3.63, 3.8) is 0 Å². The Balaban J connectivity index is 3.15. The zero-order valence-corrected chi connectivity index (χ0v) is 10.5. The van der Waals surface area contributed by atoms with Crippen LogP contribution in [0.2, 0.25) is 0 Å². The average Bonchev–Trinajstić information content (AvgIpc) is 2.25. The van der Waals surface area contributed by atoms with Gasteiger partial charge in [-0.3, -0.25) is 4.79 Å². The number of hydrogen-bond donors (Lipinski definition) is 1. The van der Waals surface area contributed by atoms with Crippen LogP contribution in [0.3, 0.4) is 0 Å². The minimum absolute atomic E-state index is 0.241. The SMILES string of the molecule is COCCCOCCOC(=O)CNC(C)C. The topological polar surface area (TPSA) is 56.8 Å². The molecule has 0 heterocycles. The number of hydrogen-bond acceptors (Lipinski definition) is 5. The molecular weight excluding hydrogens is 210 g/mol. The zero-order valence-electron chi connectivity index (χ0n) is 10.5. The summed E-state index contributed by atoms with van der Waals surface area (Å²) in [6, 6.07) is 0.290. The predicted molar refractivity (Wildman–Crippen MR) is 61.4 cm³/mol. The van der Waals surface area contributed by atoms with Gasteiger partial charge in [0.1, 0.15) is 6.61 Å². The van der Waals surface area contributed by atoms with E-state index in [1.807, 2.05) is 13.8 Å². The Morgan fingerprint density at radius 3 is 2.56 bits per heavy atom. The molecule has 0 aromatic heterocycles. The minimum atomic E-state index is -0.241. The summed E-state index contributed by atoms with van der Waals surface area (Å²) in [7, 11) is 1.66. The summed E-state index contributed by atoms with van der Waals surface area (Å²) in [5, 5.41) is 2.98. The molecule has 0 aromatic rings. The average molecular weight is 233 g/mol. The van der Waals surface area contributed by atoms with Gasteiger partial charge in [-0.15, -0.1) is 0 Å². The van der Waals surface area contributed by atoms with E-state index in [1.54, 1.807) is 7.11 Å². The molecular formula is C11H23NO4. The maximum Gasteiger partial charge on any atom is 0.320 e. The molecule has 0 amide bonds. The van der Waals surface area contributed by atoms with E-state index >= 15 is 0 Å². The molecule has 0 aliphatic carbocycles. The van der Waals surface area contributed by atoms with Gasteiger partial charge in [0.2, 0.25) is 0 Å². The highest BCUT2D eigenvalue weighted by atomic mass is 16.6. The Hall–Kier alpha value is -0.650. The van der Waals surface area contributed by atoms with Crippen molar-refractivity contribution >= 4 is 5.97 Å². The number of methoxy groups -OCH3 is 1. The molecule has 0 saturated heterocycles. The van der Waals surface area contributed by atoms with Crippen molar-refractivity contribution in [3.05, 3.63) is 0 Å². The fourth-order valence-electron chi connectivity index (χ4n) is 0.960. The van der Waals surface area contributed by atoms with Crippen molar-refractivity contribution in [3.8, 4) is 0 Å². The lowest BCUT2D eigenvalue weighted by Crippen LogP contribution is -2.30. The molecule has 0 rings (SSSR count). The van der Waals surface area contributed by atoms with Gasteiger partial charge in [0, 0.05) is 26.4 Å².